The van der Waals surface area contributed by atoms with Crippen LogP contribution in [0.2, 0.25) is 0 Å². The molecule has 1 unspecified atom stereocenters. The van der Waals surface area contributed by atoms with E-state index >= 15 is 0 Å². The summed E-state index contributed by atoms with van der Waals surface area (Å²) in [6.45, 7) is 4.14. The molecule has 0 saturated heterocycles. The first-order valence-corrected chi connectivity index (χ1v) is 7.85. The number of anilines is 1. The lowest BCUT2D eigenvalue weighted by atomic mass is 10.1. The summed E-state index contributed by atoms with van der Waals surface area (Å²) in [5.41, 5.74) is 3.15. The predicted molar refractivity (Wildman–Crippen MR) is 92.5 cm³/mol. The lowest BCUT2D eigenvalue weighted by molar-refractivity contribution is 0.249. The molecule has 0 bridgehead atoms. The van der Waals surface area contributed by atoms with Gasteiger partial charge in [-0.2, -0.15) is 5.26 Å². The maximum atomic E-state index is 9.48. The average Bonchev–Trinajstić information content (AvgIpc) is 3.02. The number of benzene rings is 1. The first kappa shape index (κ1) is 16.0. The highest BCUT2D eigenvalue weighted by atomic mass is 16.3. The van der Waals surface area contributed by atoms with Crippen LogP contribution in [-0.2, 0) is 0 Å². The zero-order valence-electron chi connectivity index (χ0n) is 13.6. The fourth-order valence-corrected chi connectivity index (χ4v) is 2.48. The molecule has 0 aliphatic carbocycles. The van der Waals surface area contributed by atoms with Gasteiger partial charge in [0.15, 0.2) is 5.65 Å². The Hall–Kier alpha value is -2.91. The Morgan fingerprint density at radius 2 is 1.96 bits per heavy atom. The Labute approximate surface area is 140 Å². The smallest absolute Gasteiger partial charge is 0.154 e. The Morgan fingerprint density at radius 3 is 2.58 bits per heavy atom. The molecule has 3 aromatic rings. The van der Waals surface area contributed by atoms with E-state index in [0.29, 0.717) is 11.4 Å². The molecule has 3 rings (SSSR count). The van der Waals surface area contributed by atoms with Crippen LogP contribution < -0.4 is 5.32 Å². The number of aromatic nitrogens is 3. The molecule has 0 spiro atoms. The molecular formula is C18H19N5O. The van der Waals surface area contributed by atoms with Crippen LogP contribution in [0.3, 0.4) is 0 Å². The predicted octanol–water partition coefficient (Wildman–Crippen LogP) is 2.70. The molecule has 0 aliphatic rings. The molecule has 0 saturated carbocycles. The summed E-state index contributed by atoms with van der Waals surface area (Å²) in [6, 6.07) is 13.1. The van der Waals surface area contributed by atoms with Gasteiger partial charge in [0.1, 0.15) is 5.82 Å². The van der Waals surface area contributed by atoms with Crippen LogP contribution in [-0.4, -0.2) is 32.4 Å². The standard InChI is InChI=1S/C18H19N5O/c1-12(2)15(11-24)21-17-7-8-18-20-10-16(23(18)22-17)14-5-3-13(9-19)4-6-14/h3-8,10,12,15,24H,11H2,1-2H3,(H,21,22). The van der Waals surface area contributed by atoms with Crippen molar-refractivity contribution in [2.24, 2.45) is 5.92 Å². The second kappa shape index (κ2) is 6.69. The fraction of sp³-hybridized carbons (Fsp3) is 0.278. The van der Waals surface area contributed by atoms with Crippen LogP contribution in [0.15, 0.2) is 42.6 Å². The zero-order chi connectivity index (χ0) is 17.1. The van der Waals surface area contributed by atoms with Crippen LogP contribution >= 0.6 is 0 Å². The van der Waals surface area contributed by atoms with Crippen molar-refractivity contribution in [1.82, 2.24) is 14.6 Å². The molecule has 0 radical (unpaired) electrons. The van der Waals surface area contributed by atoms with Crippen molar-refractivity contribution in [1.29, 1.82) is 5.26 Å². The van der Waals surface area contributed by atoms with Gasteiger partial charge in [-0.05, 0) is 30.2 Å². The molecule has 0 amide bonds. The highest BCUT2D eigenvalue weighted by Crippen LogP contribution is 2.21. The van der Waals surface area contributed by atoms with E-state index in [-0.39, 0.29) is 18.6 Å². The van der Waals surface area contributed by atoms with Crippen LogP contribution in [0, 0.1) is 17.2 Å². The van der Waals surface area contributed by atoms with Gasteiger partial charge in [-0.25, -0.2) is 9.50 Å². The Kier molecular flexibility index (Phi) is 4.45. The lowest BCUT2D eigenvalue weighted by Crippen LogP contribution is -2.30. The van der Waals surface area contributed by atoms with E-state index in [1.807, 2.05) is 38.1 Å². The molecule has 2 N–H and O–H groups in total. The third-order valence-corrected chi connectivity index (χ3v) is 4.01. The summed E-state index contributed by atoms with van der Waals surface area (Å²) >= 11 is 0. The number of rotatable bonds is 5. The Morgan fingerprint density at radius 1 is 1.21 bits per heavy atom. The van der Waals surface area contributed by atoms with E-state index in [0.717, 1.165) is 16.9 Å². The number of aliphatic hydroxyl groups excluding tert-OH is 1. The van der Waals surface area contributed by atoms with Crippen molar-refractivity contribution in [3.8, 4) is 17.3 Å². The van der Waals surface area contributed by atoms with Gasteiger partial charge < -0.3 is 10.4 Å². The number of nitrogens with one attached hydrogen (secondary N) is 1. The minimum absolute atomic E-state index is 0.0454. The first-order valence-electron chi connectivity index (χ1n) is 7.85. The number of aliphatic hydroxyl groups is 1. The SMILES string of the molecule is CC(C)C(CO)Nc1ccc2ncc(-c3ccc(C#N)cc3)n2n1. The number of hydrogen-bond acceptors (Lipinski definition) is 5. The third kappa shape index (κ3) is 3.07. The quantitative estimate of drug-likeness (QED) is 0.754. The number of imidazole rings is 1. The highest BCUT2D eigenvalue weighted by Gasteiger charge is 2.14. The molecule has 6 nitrogen and oxygen atoms in total. The topological polar surface area (TPSA) is 86.2 Å². The van der Waals surface area contributed by atoms with E-state index in [1.165, 1.54) is 0 Å². The number of fused-ring (bicyclic) bond motifs is 1. The summed E-state index contributed by atoms with van der Waals surface area (Å²) in [4.78, 5) is 4.37. The number of nitrogens with zero attached hydrogens (tertiary/aromatic N) is 4. The van der Waals surface area contributed by atoms with E-state index in [2.05, 4.69) is 21.5 Å². The van der Waals surface area contributed by atoms with Gasteiger partial charge in [-0.1, -0.05) is 26.0 Å². The summed E-state index contributed by atoms with van der Waals surface area (Å²) in [5, 5.41) is 26.2. The molecule has 2 aromatic heterocycles. The van der Waals surface area contributed by atoms with Crippen molar-refractivity contribution in [2.45, 2.75) is 19.9 Å². The molecule has 0 aliphatic heterocycles. The minimum atomic E-state index is -0.0585. The van der Waals surface area contributed by atoms with Crippen molar-refractivity contribution in [3.05, 3.63) is 48.2 Å². The van der Waals surface area contributed by atoms with Crippen LogP contribution in [0.4, 0.5) is 5.82 Å². The van der Waals surface area contributed by atoms with Crippen molar-refractivity contribution in [2.75, 3.05) is 11.9 Å². The number of nitriles is 1. The summed E-state index contributed by atoms with van der Waals surface area (Å²) in [7, 11) is 0. The van der Waals surface area contributed by atoms with Gasteiger partial charge in [0.2, 0.25) is 0 Å². The van der Waals surface area contributed by atoms with Gasteiger partial charge in [-0.3, -0.25) is 0 Å². The normalized spacial score (nSPS) is 12.3. The second-order valence-corrected chi connectivity index (χ2v) is 6.00. The molecule has 1 aromatic carbocycles. The molecule has 1 atom stereocenters. The molecule has 122 valence electrons. The third-order valence-electron chi connectivity index (χ3n) is 4.01. The van der Waals surface area contributed by atoms with Gasteiger partial charge >= 0.3 is 0 Å². The summed E-state index contributed by atoms with van der Waals surface area (Å²) in [5.74, 6) is 0.969. The van der Waals surface area contributed by atoms with Gasteiger partial charge in [-0.15, -0.1) is 5.10 Å². The largest absolute Gasteiger partial charge is 0.394 e. The first-order chi connectivity index (χ1) is 11.6. The van der Waals surface area contributed by atoms with Gasteiger partial charge in [0.25, 0.3) is 0 Å². The van der Waals surface area contributed by atoms with Crippen molar-refractivity contribution >= 4 is 11.5 Å². The molecule has 2 heterocycles. The Balaban J connectivity index is 1.98. The summed E-state index contributed by atoms with van der Waals surface area (Å²) < 4.78 is 1.76. The minimum Gasteiger partial charge on any atom is -0.394 e. The molecule has 0 fully saturated rings. The fourth-order valence-electron chi connectivity index (χ4n) is 2.48. The number of hydrogen-bond donors (Lipinski definition) is 2. The summed E-state index contributed by atoms with van der Waals surface area (Å²) in [6.07, 6.45) is 1.76. The van der Waals surface area contributed by atoms with Crippen molar-refractivity contribution in [3.63, 3.8) is 0 Å². The zero-order valence-corrected chi connectivity index (χ0v) is 13.6. The second-order valence-electron chi connectivity index (χ2n) is 6.00. The van der Waals surface area contributed by atoms with Crippen LogP contribution in [0.5, 0.6) is 0 Å². The molecule has 24 heavy (non-hydrogen) atoms. The van der Waals surface area contributed by atoms with Gasteiger partial charge in [0, 0.05) is 5.56 Å². The van der Waals surface area contributed by atoms with E-state index in [1.54, 1.807) is 22.8 Å². The lowest BCUT2D eigenvalue weighted by Gasteiger charge is -2.20. The van der Waals surface area contributed by atoms with Crippen molar-refractivity contribution < 1.29 is 5.11 Å². The van der Waals surface area contributed by atoms with E-state index in [9.17, 15) is 5.11 Å². The van der Waals surface area contributed by atoms with Crippen LogP contribution in [0.25, 0.3) is 16.9 Å². The Bertz CT molecular complexity index is 877. The van der Waals surface area contributed by atoms with E-state index < -0.39 is 0 Å². The average molecular weight is 321 g/mol. The van der Waals surface area contributed by atoms with E-state index in [4.69, 9.17) is 5.26 Å². The molecule has 6 heteroatoms. The van der Waals surface area contributed by atoms with Crippen LogP contribution in [0.1, 0.15) is 19.4 Å². The molecular weight excluding hydrogens is 302 g/mol. The monoisotopic (exact) mass is 321 g/mol. The maximum absolute atomic E-state index is 9.48. The maximum Gasteiger partial charge on any atom is 0.154 e. The highest BCUT2D eigenvalue weighted by molar-refractivity contribution is 5.64. The van der Waals surface area contributed by atoms with Gasteiger partial charge in [0.05, 0.1) is 36.2 Å².